The van der Waals surface area contributed by atoms with E-state index in [4.69, 9.17) is 0 Å². The molecule has 1 saturated heterocycles. The lowest BCUT2D eigenvalue weighted by atomic mass is 10.1. The summed E-state index contributed by atoms with van der Waals surface area (Å²) in [6, 6.07) is 17.0. The average Bonchev–Trinajstić information content (AvgIpc) is 3.03. The van der Waals surface area contributed by atoms with Crippen molar-refractivity contribution < 1.29 is 9.59 Å². The monoisotopic (exact) mass is 447 g/mol. The minimum atomic E-state index is -0.242. The number of carbonyl (C=O) groups is 2. The van der Waals surface area contributed by atoms with E-state index in [0.717, 1.165) is 37.6 Å². The van der Waals surface area contributed by atoms with Crippen LogP contribution in [0.4, 0.5) is 11.4 Å². The van der Waals surface area contributed by atoms with Crippen molar-refractivity contribution in [3.63, 3.8) is 0 Å². The molecule has 1 fully saturated rings. The van der Waals surface area contributed by atoms with Gasteiger partial charge in [-0.2, -0.15) is 0 Å². The second-order valence-electron chi connectivity index (χ2n) is 8.35. The summed E-state index contributed by atoms with van der Waals surface area (Å²) in [4.78, 5) is 41.5. The quantitative estimate of drug-likeness (QED) is 0.587. The number of anilines is 2. The number of ketones is 1. The van der Waals surface area contributed by atoms with Crippen molar-refractivity contribution in [1.29, 1.82) is 0 Å². The van der Waals surface area contributed by atoms with Gasteiger partial charge in [-0.25, -0.2) is 4.68 Å². The molecule has 2 heterocycles. The van der Waals surface area contributed by atoms with Crippen LogP contribution in [-0.4, -0.2) is 58.7 Å². The van der Waals surface area contributed by atoms with Gasteiger partial charge < -0.3 is 10.2 Å². The minimum absolute atomic E-state index is 0.0570. The van der Waals surface area contributed by atoms with Crippen molar-refractivity contribution in [3.05, 3.63) is 76.2 Å². The third kappa shape index (κ3) is 4.75. The van der Waals surface area contributed by atoms with Crippen molar-refractivity contribution in [2.75, 3.05) is 42.9 Å². The fourth-order valence-electron chi connectivity index (χ4n) is 4.17. The largest absolute Gasteiger partial charge is 0.369 e. The molecular weight excluding hydrogens is 418 g/mol. The highest BCUT2D eigenvalue weighted by molar-refractivity contribution is 5.94. The first-order valence-corrected chi connectivity index (χ1v) is 11.1. The van der Waals surface area contributed by atoms with Gasteiger partial charge in [-0.15, -0.1) is 0 Å². The Labute approximate surface area is 193 Å². The molecule has 0 saturated carbocycles. The van der Waals surface area contributed by atoms with Crippen LogP contribution < -0.4 is 15.8 Å². The van der Waals surface area contributed by atoms with Gasteiger partial charge in [-0.1, -0.05) is 18.2 Å². The molecule has 1 aliphatic rings. The van der Waals surface area contributed by atoms with Gasteiger partial charge in [0.2, 0.25) is 5.91 Å². The molecule has 33 heavy (non-hydrogen) atoms. The van der Waals surface area contributed by atoms with Crippen LogP contribution in [0.15, 0.2) is 59.4 Å². The number of nitrogens with one attached hydrogen (secondary N) is 1. The van der Waals surface area contributed by atoms with Crippen molar-refractivity contribution in [2.24, 2.45) is 7.05 Å². The number of Topliss-reactive ketones (excluding diaryl/α,β-unsaturated/α-hetero) is 1. The van der Waals surface area contributed by atoms with Crippen LogP contribution >= 0.6 is 0 Å². The second-order valence-corrected chi connectivity index (χ2v) is 8.35. The number of amides is 1. The maximum absolute atomic E-state index is 13.0. The number of benzene rings is 2. The van der Waals surface area contributed by atoms with Crippen LogP contribution in [0.3, 0.4) is 0 Å². The summed E-state index contributed by atoms with van der Waals surface area (Å²) in [5.41, 5.74) is 3.31. The number of nitrogens with zero attached hydrogens (tertiary/aromatic N) is 4. The van der Waals surface area contributed by atoms with E-state index < -0.39 is 0 Å². The number of piperazine rings is 1. The summed E-state index contributed by atoms with van der Waals surface area (Å²) < 4.78 is 3.31. The van der Waals surface area contributed by atoms with Crippen LogP contribution in [0.5, 0.6) is 0 Å². The summed E-state index contributed by atoms with van der Waals surface area (Å²) in [6.45, 7) is 6.68. The molecule has 1 aromatic heterocycles. The lowest BCUT2D eigenvalue weighted by Gasteiger charge is -2.35. The molecule has 0 unspecified atom stereocenters. The summed E-state index contributed by atoms with van der Waals surface area (Å²) >= 11 is 0. The molecule has 4 rings (SSSR count). The van der Waals surface area contributed by atoms with Gasteiger partial charge in [-0.3, -0.25) is 24.0 Å². The molecule has 8 heteroatoms. The van der Waals surface area contributed by atoms with E-state index >= 15 is 0 Å². The number of hydrogen-bond donors (Lipinski definition) is 1. The van der Waals surface area contributed by atoms with Crippen LogP contribution in [0.1, 0.15) is 23.0 Å². The lowest BCUT2D eigenvalue weighted by Crippen LogP contribution is -2.48. The molecule has 0 spiro atoms. The number of aromatic nitrogens is 2. The van der Waals surface area contributed by atoms with Gasteiger partial charge in [0, 0.05) is 44.5 Å². The van der Waals surface area contributed by atoms with Crippen molar-refractivity contribution >= 4 is 23.1 Å². The molecule has 3 aromatic rings. The van der Waals surface area contributed by atoms with Crippen molar-refractivity contribution in [2.45, 2.75) is 13.8 Å². The first kappa shape index (κ1) is 22.5. The van der Waals surface area contributed by atoms with Gasteiger partial charge in [0.25, 0.3) is 5.56 Å². The highest BCUT2D eigenvalue weighted by Gasteiger charge is 2.22. The molecule has 0 atom stereocenters. The standard InChI is InChI=1S/C25H29N5O3/c1-18-24(25(33)30(27(18)3)22-7-5-4-6-8-22)26-23(32)17-28-13-15-29(16-14-28)21-11-9-20(10-12-21)19(2)31/h4-12H,13-17H2,1-3H3,(H,26,32). The van der Waals surface area contributed by atoms with Gasteiger partial charge in [-0.05, 0) is 50.2 Å². The van der Waals surface area contributed by atoms with E-state index in [2.05, 4.69) is 15.1 Å². The maximum Gasteiger partial charge on any atom is 0.295 e. The Hall–Kier alpha value is -3.65. The third-order valence-electron chi connectivity index (χ3n) is 6.20. The summed E-state index contributed by atoms with van der Waals surface area (Å²) in [5.74, 6) is -0.137. The van der Waals surface area contributed by atoms with Crippen molar-refractivity contribution in [1.82, 2.24) is 14.3 Å². The highest BCUT2D eigenvalue weighted by Crippen LogP contribution is 2.18. The molecule has 8 nitrogen and oxygen atoms in total. The minimum Gasteiger partial charge on any atom is -0.369 e. The first-order valence-electron chi connectivity index (χ1n) is 11.1. The zero-order valence-corrected chi connectivity index (χ0v) is 19.2. The van der Waals surface area contributed by atoms with Gasteiger partial charge in [0.15, 0.2) is 5.78 Å². The normalized spacial score (nSPS) is 14.3. The Kier molecular flexibility index (Phi) is 6.46. The second kappa shape index (κ2) is 9.46. The van der Waals surface area contributed by atoms with E-state index in [1.807, 2.05) is 68.6 Å². The number of rotatable bonds is 6. The Bertz CT molecular complexity index is 1200. The summed E-state index contributed by atoms with van der Waals surface area (Å²) in [5, 5.41) is 2.84. The molecule has 172 valence electrons. The SMILES string of the molecule is CC(=O)c1ccc(N2CCN(CC(=O)Nc3c(C)n(C)n(-c4ccccc4)c3=O)CC2)cc1. The van der Waals surface area contributed by atoms with E-state index in [1.54, 1.807) is 16.3 Å². The summed E-state index contributed by atoms with van der Waals surface area (Å²) in [6.07, 6.45) is 0. The molecule has 2 aromatic carbocycles. The smallest absolute Gasteiger partial charge is 0.295 e. The summed E-state index contributed by atoms with van der Waals surface area (Å²) in [7, 11) is 1.81. The van der Waals surface area contributed by atoms with Crippen LogP contribution in [0, 0.1) is 6.92 Å². The average molecular weight is 448 g/mol. The van der Waals surface area contributed by atoms with E-state index in [-0.39, 0.29) is 23.8 Å². The molecule has 0 aliphatic carbocycles. The molecule has 0 radical (unpaired) electrons. The topological polar surface area (TPSA) is 79.6 Å². The van der Waals surface area contributed by atoms with E-state index in [1.165, 1.54) is 0 Å². The zero-order valence-electron chi connectivity index (χ0n) is 19.2. The third-order valence-corrected chi connectivity index (χ3v) is 6.20. The fraction of sp³-hybridized carbons (Fsp3) is 0.320. The predicted octanol–water partition coefficient (Wildman–Crippen LogP) is 2.45. The highest BCUT2D eigenvalue weighted by atomic mass is 16.2. The van der Waals surface area contributed by atoms with E-state index in [0.29, 0.717) is 16.9 Å². The zero-order chi connectivity index (χ0) is 23.5. The van der Waals surface area contributed by atoms with Crippen molar-refractivity contribution in [3.8, 4) is 5.69 Å². The Morgan fingerprint density at radius 1 is 0.909 bits per heavy atom. The van der Waals surface area contributed by atoms with Crippen LogP contribution in [-0.2, 0) is 11.8 Å². The van der Waals surface area contributed by atoms with Gasteiger partial charge in [0.1, 0.15) is 5.69 Å². The molecule has 0 bridgehead atoms. The molecule has 1 aliphatic heterocycles. The first-order chi connectivity index (χ1) is 15.8. The molecule has 1 N–H and O–H groups in total. The van der Waals surface area contributed by atoms with Gasteiger partial charge in [0.05, 0.1) is 17.9 Å². The number of para-hydroxylation sites is 1. The molecular formula is C25H29N5O3. The van der Waals surface area contributed by atoms with Gasteiger partial charge >= 0.3 is 0 Å². The lowest BCUT2D eigenvalue weighted by molar-refractivity contribution is -0.117. The Morgan fingerprint density at radius 2 is 1.55 bits per heavy atom. The Morgan fingerprint density at radius 3 is 2.15 bits per heavy atom. The molecule has 1 amide bonds. The number of carbonyl (C=O) groups excluding carboxylic acids is 2. The van der Waals surface area contributed by atoms with Crippen LogP contribution in [0.25, 0.3) is 5.69 Å². The number of hydrogen-bond acceptors (Lipinski definition) is 5. The maximum atomic E-state index is 13.0. The van der Waals surface area contributed by atoms with Crippen LogP contribution in [0.2, 0.25) is 0 Å². The predicted molar refractivity (Wildman–Crippen MR) is 129 cm³/mol. The van der Waals surface area contributed by atoms with E-state index in [9.17, 15) is 14.4 Å². The Balaban J connectivity index is 1.37. The fourth-order valence-corrected chi connectivity index (χ4v) is 4.17.